The van der Waals surface area contributed by atoms with Crippen molar-refractivity contribution in [3.8, 4) is 11.4 Å². The van der Waals surface area contributed by atoms with E-state index in [0.717, 1.165) is 6.07 Å². The van der Waals surface area contributed by atoms with Crippen LogP contribution in [0.15, 0.2) is 27.2 Å². The summed E-state index contributed by atoms with van der Waals surface area (Å²) in [5, 5.41) is 13.1. The van der Waals surface area contributed by atoms with Crippen LogP contribution in [-0.2, 0) is 6.18 Å². The second-order valence-corrected chi connectivity index (χ2v) is 5.15. The summed E-state index contributed by atoms with van der Waals surface area (Å²) in [7, 11) is 0. The smallest absolute Gasteiger partial charge is 0.383 e. The quantitative estimate of drug-likeness (QED) is 0.869. The molecular formula is C12H11BrF3N3O2. The van der Waals surface area contributed by atoms with Crippen LogP contribution in [0.2, 0.25) is 0 Å². The zero-order valence-corrected chi connectivity index (χ0v) is 12.1. The summed E-state index contributed by atoms with van der Waals surface area (Å²) in [4.78, 5) is 3.80. The minimum Gasteiger partial charge on any atom is -0.383 e. The Bertz CT molecular complexity index is 630. The number of nitrogens with zero attached hydrogens (tertiary/aromatic N) is 2. The number of aromatic nitrogens is 2. The molecule has 2 aromatic rings. The number of rotatable bonds is 4. The normalized spacial score (nSPS) is 13.4. The summed E-state index contributed by atoms with van der Waals surface area (Å²) in [6.45, 7) is 0.185. The van der Waals surface area contributed by atoms with Crippen molar-refractivity contribution in [1.29, 1.82) is 0 Å². The van der Waals surface area contributed by atoms with Gasteiger partial charge < -0.3 is 15.4 Å². The van der Waals surface area contributed by atoms with Gasteiger partial charge in [0.05, 0.1) is 5.56 Å². The molecule has 2 rings (SSSR count). The number of hydrogen-bond donors (Lipinski definition) is 2. The molecule has 1 aromatic heterocycles. The van der Waals surface area contributed by atoms with Crippen LogP contribution < -0.4 is 5.73 Å². The number of benzene rings is 1. The van der Waals surface area contributed by atoms with E-state index in [1.807, 2.05) is 0 Å². The lowest BCUT2D eigenvalue weighted by atomic mass is 10.1. The molecule has 0 saturated carbocycles. The van der Waals surface area contributed by atoms with Crippen LogP contribution in [-0.4, -0.2) is 21.8 Å². The van der Waals surface area contributed by atoms with Gasteiger partial charge in [-0.3, -0.25) is 0 Å². The van der Waals surface area contributed by atoms with Crippen molar-refractivity contribution in [3.63, 3.8) is 0 Å². The maximum Gasteiger partial charge on any atom is 0.417 e. The number of nitrogens with two attached hydrogens (primary N) is 1. The Morgan fingerprint density at radius 3 is 2.71 bits per heavy atom. The van der Waals surface area contributed by atoms with E-state index in [0.29, 0.717) is 0 Å². The van der Waals surface area contributed by atoms with Gasteiger partial charge in [0.25, 0.3) is 5.89 Å². The molecule has 0 amide bonds. The zero-order valence-electron chi connectivity index (χ0n) is 10.6. The minimum atomic E-state index is -4.56. The highest BCUT2D eigenvalue weighted by molar-refractivity contribution is 9.10. The first-order chi connectivity index (χ1) is 9.82. The van der Waals surface area contributed by atoms with Gasteiger partial charge >= 0.3 is 6.18 Å². The van der Waals surface area contributed by atoms with Crippen LogP contribution in [0.1, 0.15) is 24.0 Å². The standard InChI is InChI=1S/C12H11BrF3N3O2/c13-6-1-2-7(8(5-6)12(14,15)16)10-18-11(21-19-10)9(20)3-4-17/h1-2,5,9,20H,3-4,17H2. The molecule has 0 aliphatic rings. The van der Waals surface area contributed by atoms with E-state index < -0.39 is 17.8 Å². The second kappa shape index (κ2) is 6.12. The molecule has 0 fully saturated rings. The predicted octanol–water partition coefficient (Wildman–Crippen LogP) is 2.90. The zero-order chi connectivity index (χ0) is 15.6. The topological polar surface area (TPSA) is 85.2 Å². The average Bonchev–Trinajstić information content (AvgIpc) is 2.87. The fourth-order valence-electron chi connectivity index (χ4n) is 1.71. The molecule has 0 aliphatic carbocycles. The van der Waals surface area contributed by atoms with E-state index in [2.05, 4.69) is 26.1 Å². The van der Waals surface area contributed by atoms with Gasteiger partial charge in [-0.25, -0.2) is 0 Å². The highest BCUT2D eigenvalue weighted by Crippen LogP contribution is 2.37. The molecule has 0 aliphatic heterocycles. The van der Waals surface area contributed by atoms with E-state index in [-0.39, 0.29) is 34.7 Å². The molecule has 0 saturated heterocycles. The lowest BCUT2D eigenvalue weighted by molar-refractivity contribution is -0.137. The molecule has 1 aromatic carbocycles. The van der Waals surface area contributed by atoms with Gasteiger partial charge in [0.2, 0.25) is 5.82 Å². The lowest BCUT2D eigenvalue weighted by Crippen LogP contribution is -2.08. The van der Waals surface area contributed by atoms with Crippen molar-refractivity contribution in [2.45, 2.75) is 18.7 Å². The first-order valence-electron chi connectivity index (χ1n) is 5.91. The molecule has 114 valence electrons. The van der Waals surface area contributed by atoms with Crippen LogP contribution in [0, 0.1) is 0 Å². The summed E-state index contributed by atoms with van der Waals surface area (Å²) in [5.74, 6) is -0.396. The Morgan fingerprint density at radius 2 is 2.10 bits per heavy atom. The molecule has 21 heavy (non-hydrogen) atoms. The van der Waals surface area contributed by atoms with Crippen LogP contribution in [0.4, 0.5) is 13.2 Å². The molecular weight excluding hydrogens is 355 g/mol. The first-order valence-corrected chi connectivity index (χ1v) is 6.71. The Labute approximate surface area is 126 Å². The maximum atomic E-state index is 13.0. The van der Waals surface area contributed by atoms with E-state index in [9.17, 15) is 18.3 Å². The van der Waals surface area contributed by atoms with E-state index in [1.54, 1.807) is 0 Å². The van der Waals surface area contributed by atoms with Gasteiger partial charge in [-0.15, -0.1) is 0 Å². The minimum absolute atomic E-state index is 0.161. The summed E-state index contributed by atoms with van der Waals surface area (Å²) in [5.41, 5.74) is 4.17. The summed E-state index contributed by atoms with van der Waals surface area (Å²) < 4.78 is 44.2. The average molecular weight is 366 g/mol. The molecule has 1 atom stereocenters. The molecule has 3 N–H and O–H groups in total. The second-order valence-electron chi connectivity index (χ2n) is 4.24. The highest BCUT2D eigenvalue weighted by atomic mass is 79.9. The van der Waals surface area contributed by atoms with E-state index >= 15 is 0 Å². The van der Waals surface area contributed by atoms with Crippen LogP contribution >= 0.6 is 15.9 Å². The van der Waals surface area contributed by atoms with Gasteiger partial charge in [-0.2, -0.15) is 18.2 Å². The Balaban J connectivity index is 2.43. The highest BCUT2D eigenvalue weighted by Gasteiger charge is 2.35. The molecule has 0 spiro atoms. The van der Waals surface area contributed by atoms with E-state index in [4.69, 9.17) is 10.3 Å². The van der Waals surface area contributed by atoms with Gasteiger partial charge in [0, 0.05) is 10.0 Å². The monoisotopic (exact) mass is 365 g/mol. The van der Waals surface area contributed by atoms with Crippen LogP contribution in [0.25, 0.3) is 11.4 Å². The van der Waals surface area contributed by atoms with Crippen molar-refractivity contribution < 1.29 is 22.8 Å². The summed E-state index contributed by atoms with van der Waals surface area (Å²) in [6.07, 6.45) is -5.48. The largest absolute Gasteiger partial charge is 0.417 e. The van der Waals surface area contributed by atoms with E-state index in [1.165, 1.54) is 12.1 Å². The fraction of sp³-hybridized carbons (Fsp3) is 0.333. The van der Waals surface area contributed by atoms with Gasteiger partial charge in [-0.1, -0.05) is 21.1 Å². The third-order valence-corrected chi connectivity index (χ3v) is 3.19. The Hall–Kier alpha value is -1.45. The number of hydrogen-bond acceptors (Lipinski definition) is 5. The molecule has 1 unspecified atom stereocenters. The van der Waals surface area contributed by atoms with Gasteiger partial charge in [0.1, 0.15) is 6.10 Å². The Morgan fingerprint density at radius 1 is 1.38 bits per heavy atom. The van der Waals surface area contributed by atoms with Crippen molar-refractivity contribution >= 4 is 15.9 Å². The molecule has 5 nitrogen and oxygen atoms in total. The lowest BCUT2D eigenvalue weighted by Gasteiger charge is -2.10. The van der Waals surface area contributed by atoms with Gasteiger partial charge in [0.15, 0.2) is 0 Å². The molecule has 1 heterocycles. The number of aliphatic hydroxyl groups is 1. The third kappa shape index (κ3) is 3.60. The number of alkyl halides is 3. The molecule has 9 heteroatoms. The summed E-state index contributed by atoms with van der Waals surface area (Å²) >= 11 is 2.99. The van der Waals surface area contributed by atoms with Crippen molar-refractivity contribution in [2.75, 3.05) is 6.54 Å². The summed E-state index contributed by atoms with van der Waals surface area (Å²) in [6, 6.07) is 3.61. The van der Waals surface area contributed by atoms with Crippen molar-refractivity contribution in [2.24, 2.45) is 5.73 Å². The SMILES string of the molecule is NCCC(O)c1nc(-c2ccc(Br)cc2C(F)(F)F)no1. The molecule has 0 radical (unpaired) electrons. The number of halogens is 4. The van der Waals surface area contributed by atoms with Crippen LogP contribution in [0.5, 0.6) is 0 Å². The van der Waals surface area contributed by atoms with Gasteiger partial charge in [-0.05, 0) is 31.2 Å². The van der Waals surface area contributed by atoms with Crippen molar-refractivity contribution in [3.05, 3.63) is 34.1 Å². The van der Waals surface area contributed by atoms with Crippen LogP contribution in [0.3, 0.4) is 0 Å². The van der Waals surface area contributed by atoms with Crippen molar-refractivity contribution in [1.82, 2.24) is 10.1 Å². The number of aliphatic hydroxyl groups excluding tert-OH is 1. The fourth-order valence-corrected chi connectivity index (χ4v) is 2.07. The predicted molar refractivity (Wildman–Crippen MR) is 71.1 cm³/mol. The first kappa shape index (κ1) is 15.9. The maximum absolute atomic E-state index is 13.0. The third-order valence-electron chi connectivity index (χ3n) is 2.69. The Kier molecular flexibility index (Phi) is 4.64. The molecule has 0 bridgehead atoms.